The standard InChI is InChI=1S/C14H19NO4/c16-10-14(5-2-6-14)15-7-8-19-12-4-1-3-11(9-12)13(17)18/h1,3-4,9,15-16H,2,5-8,10H2,(H,17,18). The van der Waals surface area contributed by atoms with E-state index in [1.807, 2.05) is 0 Å². The van der Waals surface area contributed by atoms with Crippen molar-refractivity contribution < 1.29 is 19.7 Å². The zero-order chi connectivity index (χ0) is 13.7. The average Bonchev–Trinajstić information content (AvgIpc) is 2.37. The number of hydrogen-bond acceptors (Lipinski definition) is 4. The number of hydrogen-bond donors (Lipinski definition) is 3. The summed E-state index contributed by atoms with van der Waals surface area (Å²) in [4.78, 5) is 10.8. The minimum atomic E-state index is -0.961. The van der Waals surface area contributed by atoms with Crippen molar-refractivity contribution >= 4 is 5.97 Å². The van der Waals surface area contributed by atoms with Crippen molar-refractivity contribution in [2.24, 2.45) is 0 Å². The Morgan fingerprint density at radius 3 is 2.79 bits per heavy atom. The minimum Gasteiger partial charge on any atom is -0.492 e. The third kappa shape index (κ3) is 3.45. The van der Waals surface area contributed by atoms with E-state index in [-0.39, 0.29) is 17.7 Å². The molecular formula is C14H19NO4. The van der Waals surface area contributed by atoms with Gasteiger partial charge in [-0.05, 0) is 37.5 Å². The monoisotopic (exact) mass is 265 g/mol. The molecule has 5 heteroatoms. The number of ether oxygens (including phenoxy) is 1. The Morgan fingerprint density at radius 2 is 2.21 bits per heavy atom. The van der Waals surface area contributed by atoms with Crippen LogP contribution in [0.5, 0.6) is 5.75 Å². The van der Waals surface area contributed by atoms with Crippen LogP contribution in [0.2, 0.25) is 0 Å². The molecule has 1 aromatic rings. The van der Waals surface area contributed by atoms with Gasteiger partial charge in [0.2, 0.25) is 0 Å². The Hall–Kier alpha value is -1.59. The Balaban J connectivity index is 1.76. The molecule has 0 amide bonds. The van der Waals surface area contributed by atoms with E-state index in [1.54, 1.807) is 12.1 Å². The lowest BCUT2D eigenvalue weighted by molar-refractivity contribution is 0.0696. The van der Waals surface area contributed by atoms with Gasteiger partial charge in [0, 0.05) is 12.1 Å². The molecule has 104 valence electrons. The van der Waals surface area contributed by atoms with Gasteiger partial charge in [0.1, 0.15) is 12.4 Å². The topological polar surface area (TPSA) is 78.8 Å². The maximum atomic E-state index is 10.8. The fourth-order valence-electron chi connectivity index (χ4n) is 2.20. The molecule has 5 nitrogen and oxygen atoms in total. The van der Waals surface area contributed by atoms with E-state index in [4.69, 9.17) is 9.84 Å². The molecule has 0 saturated heterocycles. The molecule has 0 unspecified atom stereocenters. The van der Waals surface area contributed by atoms with Crippen LogP contribution in [0.15, 0.2) is 24.3 Å². The highest BCUT2D eigenvalue weighted by molar-refractivity contribution is 5.87. The SMILES string of the molecule is O=C(O)c1cccc(OCCNC2(CO)CCC2)c1. The third-order valence-corrected chi connectivity index (χ3v) is 3.57. The van der Waals surface area contributed by atoms with Crippen LogP contribution in [0.1, 0.15) is 29.6 Å². The fourth-order valence-corrected chi connectivity index (χ4v) is 2.20. The van der Waals surface area contributed by atoms with Crippen LogP contribution in [0.25, 0.3) is 0 Å². The van der Waals surface area contributed by atoms with E-state index < -0.39 is 5.97 Å². The van der Waals surface area contributed by atoms with Crippen molar-refractivity contribution in [2.75, 3.05) is 19.8 Å². The highest BCUT2D eigenvalue weighted by atomic mass is 16.5. The van der Waals surface area contributed by atoms with Gasteiger partial charge in [-0.3, -0.25) is 0 Å². The smallest absolute Gasteiger partial charge is 0.335 e. The number of aromatic carboxylic acids is 1. The molecule has 1 aromatic carbocycles. The second-order valence-electron chi connectivity index (χ2n) is 4.90. The first-order valence-electron chi connectivity index (χ1n) is 6.47. The Labute approximate surface area is 112 Å². The molecule has 3 N–H and O–H groups in total. The molecular weight excluding hydrogens is 246 g/mol. The Bertz CT molecular complexity index is 437. The summed E-state index contributed by atoms with van der Waals surface area (Å²) in [6, 6.07) is 6.43. The number of nitrogens with one attached hydrogen (secondary N) is 1. The lowest BCUT2D eigenvalue weighted by Crippen LogP contribution is -2.54. The molecule has 1 aliphatic rings. The lowest BCUT2D eigenvalue weighted by Gasteiger charge is -2.41. The molecule has 1 fully saturated rings. The summed E-state index contributed by atoms with van der Waals surface area (Å²) in [5, 5.41) is 21.4. The van der Waals surface area contributed by atoms with Crippen LogP contribution in [0, 0.1) is 0 Å². The summed E-state index contributed by atoms with van der Waals surface area (Å²) in [6.45, 7) is 1.24. The van der Waals surface area contributed by atoms with Gasteiger partial charge in [0.15, 0.2) is 0 Å². The van der Waals surface area contributed by atoms with Crippen LogP contribution >= 0.6 is 0 Å². The summed E-state index contributed by atoms with van der Waals surface area (Å²) in [6.07, 6.45) is 3.14. The molecule has 0 aromatic heterocycles. The van der Waals surface area contributed by atoms with E-state index in [1.165, 1.54) is 12.1 Å². The van der Waals surface area contributed by atoms with Gasteiger partial charge in [-0.25, -0.2) is 4.79 Å². The van der Waals surface area contributed by atoms with Gasteiger partial charge < -0.3 is 20.3 Å². The highest BCUT2D eigenvalue weighted by Crippen LogP contribution is 2.30. The molecule has 1 saturated carbocycles. The van der Waals surface area contributed by atoms with Gasteiger partial charge in [0.05, 0.1) is 12.2 Å². The molecule has 0 radical (unpaired) electrons. The summed E-state index contributed by atoms with van der Waals surface area (Å²) in [5.41, 5.74) is 0.100. The number of rotatable bonds is 7. The first-order chi connectivity index (χ1) is 9.15. The molecule has 19 heavy (non-hydrogen) atoms. The predicted molar refractivity (Wildman–Crippen MR) is 70.6 cm³/mol. The first kappa shape index (κ1) is 13.8. The molecule has 0 aliphatic heterocycles. The quantitative estimate of drug-likeness (QED) is 0.647. The second-order valence-corrected chi connectivity index (χ2v) is 4.90. The minimum absolute atomic E-state index is 0.119. The number of carboxylic acid groups (broad SMARTS) is 1. The maximum Gasteiger partial charge on any atom is 0.335 e. The Kier molecular flexibility index (Phi) is 4.39. The average molecular weight is 265 g/mol. The number of aliphatic hydroxyl groups is 1. The van der Waals surface area contributed by atoms with E-state index in [0.717, 1.165) is 19.3 Å². The van der Waals surface area contributed by atoms with E-state index >= 15 is 0 Å². The van der Waals surface area contributed by atoms with Crippen molar-refractivity contribution in [3.05, 3.63) is 29.8 Å². The number of carbonyl (C=O) groups is 1. The van der Waals surface area contributed by atoms with Crippen LogP contribution in [0.4, 0.5) is 0 Å². The Morgan fingerprint density at radius 1 is 1.42 bits per heavy atom. The first-order valence-corrected chi connectivity index (χ1v) is 6.47. The number of benzene rings is 1. The summed E-state index contributed by atoms with van der Waals surface area (Å²) in [7, 11) is 0. The molecule has 1 aliphatic carbocycles. The maximum absolute atomic E-state index is 10.8. The van der Waals surface area contributed by atoms with Crippen molar-refractivity contribution in [3.63, 3.8) is 0 Å². The van der Waals surface area contributed by atoms with E-state index in [9.17, 15) is 9.90 Å². The molecule has 2 rings (SSSR count). The van der Waals surface area contributed by atoms with Crippen molar-refractivity contribution in [3.8, 4) is 5.75 Å². The summed E-state index contributed by atoms with van der Waals surface area (Å²) >= 11 is 0. The number of aliphatic hydroxyl groups excluding tert-OH is 1. The highest BCUT2D eigenvalue weighted by Gasteiger charge is 2.35. The molecule has 0 bridgehead atoms. The zero-order valence-electron chi connectivity index (χ0n) is 10.8. The predicted octanol–water partition coefficient (Wildman–Crippen LogP) is 1.27. The lowest BCUT2D eigenvalue weighted by atomic mass is 9.77. The summed E-state index contributed by atoms with van der Waals surface area (Å²) in [5.74, 6) is -0.411. The van der Waals surface area contributed by atoms with E-state index in [0.29, 0.717) is 18.9 Å². The largest absolute Gasteiger partial charge is 0.492 e. The normalized spacial score (nSPS) is 16.7. The van der Waals surface area contributed by atoms with Crippen LogP contribution in [-0.2, 0) is 0 Å². The molecule has 0 atom stereocenters. The van der Waals surface area contributed by atoms with Crippen molar-refractivity contribution in [2.45, 2.75) is 24.8 Å². The van der Waals surface area contributed by atoms with Crippen LogP contribution in [0.3, 0.4) is 0 Å². The van der Waals surface area contributed by atoms with Gasteiger partial charge in [-0.2, -0.15) is 0 Å². The van der Waals surface area contributed by atoms with E-state index in [2.05, 4.69) is 5.32 Å². The zero-order valence-corrected chi connectivity index (χ0v) is 10.8. The van der Waals surface area contributed by atoms with Crippen molar-refractivity contribution in [1.29, 1.82) is 0 Å². The van der Waals surface area contributed by atoms with Gasteiger partial charge in [-0.1, -0.05) is 6.07 Å². The molecule has 0 heterocycles. The third-order valence-electron chi connectivity index (χ3n) is 3.57. The van der Waals surface area contributed by atoms with Crippen LogP contribution in [-0.4, -0.2) is 41.5 Å². The van der Waals surface area contributed by atoms with Gasteiger partial charge in [0.25, 0.3) is 0 Å². The van der Waals surface area contributed by atoms with Crippen LogP contribution < -0.4 is 10.1 Å². The number of carboxylic acids is 1. The second kappa shape index (κ2) is 6.04. The fraction of sp³-hybridized carbons (Fsp3) is 0.500. The van der Waals surface area contributed by atoms with Gasteiger partial charge in [-0.15, -0.1) is 0 Å². The summed E-state index contributed by atoms with van der Waals surface area (Å²) < 4.78 is 5.50. The van der Waals surface area contributed by atoms with Crippen molar-refractivity contribution in [1.82, 2.24) is 5.32 Å². The molecule has 0 spiro atoms. The van der Waals surface area contributed by atoms with Gasteiger partial charge >= 0.3 is 5.97 Å².